The minimum atomic E-state index is 0.113. The number of hydrogen-bond donors (Lipinski definition) is 1. The van der Waals surface area contributed by atoms with Crippen molar-refractivity contribution in [2.24, 2.45) is 4.99 Å². The quantitative estimate of drug-likeness (QED) is 0.867. The summed E-state index contributed by atoms with van der Waals surface area (Å²) in [5, 5.41) is 5.13. The molecule has 0 aliphatic carbocycles. The zero-order chi connectivity index (χ0) is 13.2. The minimum Gasteiger partial charge on any atom is -0.334 e. The van der Waals surface area contributed by atoms with Crippen molar-refractivity contribution in [3.63, 3.8) is 0 Å². The van der Waals surface area contributed by atoms with Crippen molar-refractivity contribution in [2.45, 2.75) is 39.2 Å². The van der Waals surface area contributed by atoms with E-state index in [-0.39, 0.29) is 5.54 Å². The second kappa shape index (κ2) is 5.54. The monoisotopic (exact) mass is 282 g/mol. The van der Waals surface area contributed by atoms with Crippen LogP contribution in [-0.4, -0.2) is 16.5 Å². The van der Waals surface area contributed by atoms with Crippen LogP contribution in [-0.2, 0) is 0 Å². The van der Waals surface area contributed by atoms with Crippen LogP contribution in [0.1, 0.15) is 32.3 Å². The van der Waals surface area contributed by atoms with Gasteiger partial charge >= 0.3 is 0 Å². The lowest BCUT2D eigenvalue weighted by Crippen LogP contribution is -2.24. The van der Waals surface area contributed by atoms with Crippen LogP contribution >= 0.6 is 23.4 Å². The maximum atomic E-state index is 6.22. The van der Waals surface area contributed by atoms with Crippen LogP contribution in [0.25, 0.3) is 0 Å². The Hall–Kier alpha value is -0.670. The predicted molar refractivity (Wildman–Crippen MR) is 83.0 cm³/mol. The van der Waals surface area contributed by atoms with Gasteiger partial charge in [0.15, 0.2) is 5.17 Å². The van der Waals surface area contributed by atoms with Gasteiger partial charge in [0.2, 0.25) is 0 Å². The molecule has 0 unspecified atom stereocenters. The van der Waals surface area contributed by atoms with E-state index in [1.807, 2.05) is 12.1 Å². The number of aliphatic imine (C=N–C) groups is 1. The second-order valence-electron chi connectivity index (χ2n) is 4.69. The molecular weight excluding hydrogens is 264 g/mol. The number of thioether (sulfide) groups is 1. The maximum Gasteiger partial charge on any atom is 0.161 e. The van der Waals surface area contributed by atoms with Gasteiger partial charge in [0.25, 0.3) is 0 Å². The summed E-state index contributed by atoms with van der Waals surface area (Å²) >= 11 is 8.01. The molecular formula is C14H19ClN2S. The highest BCUT2D eigenvalue weighted by molar-refractivity contribution is 8.14. The summed E-state index contributed by atoms with van der Waals surface area (Å²) in [5.41, 5.74) is 2.24. The smallest absolute Gasteiger partial charge is 0.161 e. The topological polar surface area (TPSA) is 24.4 Å². The predicted octanol–water partition coefficient (Wildman–Crippen LogP) is 4.72. The standard InChI is InChI=1S/C14H19ClN2S/c1-4-14(5-2)9-18-13(17-14)16-12-10(3)7-6-8-11(12)15/h6-8H,4-5,9H2,1-3H3,(H,16,17). The van der Waals surface area contributed by atoms with E-state index in [4.69, 9.17) is 16.6 Å². The summed E-state index contributed by atoms with van der Waals surface area (Å²) in [6.45, 7) is 6.47. The highest BCUT2D eigenvalue weighted by Gasteiger charge is 2.32. The van der Waals surface area contributed by atoms with E-state index in [0.29, 0.717) is 0 Å². The SMILES string of the molecule is CCC1(CC)CSC(Nc2c(C)cccc2Cl)=N1. The van der Waals surface area contributed by atoms with E-state index < -0.39 is 0 Å². The lowest BCUT2D eigenvalue weighted by atomic mass is 9.97. The Labute approximate surface area is 118 Å². The van der Waals surface area contributed by atoms with E-state index in [9.17, 15) is 0 Å². The van der Waals surface area contributed by atoms with Gasteiger partial charge in [-0.2, -0.15) is 0 Å². The molecule has 0 amide bonds. The van der Waals surface area contributed by atoms with Crippen molar-refractivity contribution in [3.8, 4) is 0 Å². The zero-order valence-electron chi connectivity index (χ0n) is 11.1. The Morgan fingerprint density at radius 3 is 2.67 bits per heavy atom. The van der Waals surface area contributed by atoms with Crippen LogP contribution in [0.3, 0.4) is 0 Å². The number of amidine groups is 1. The first-order valence-electron chi connectivity index (χ1n) is 6.35. The van der Waals surface area contributed by atoms with Gasteiger partial charge in [0.1, 0.15) is 0 Å². The van der Waals surface area contributed by atoms with Crippen molar-refractivity contribution in [3.05, 3.63) is 28.8 Å². The van der Waals surface area contributed by atoms with Crippen molar-refractivity contribution in [1.82, 2.24) is 0 Å². The normalized spacial score (nSPS) is 17.7. The van der Waals surface area contributed by atoms with Crippen LogP contribution in [0.2, 0.25) is 5.02 Å². The fourth-order valence-electron chi connectivity index (χ4n) is 2.06. The number of nitrogens with zero attached hydrogens (tertiary/aromatic N) is 1. The zero-order valence-corrected chi connectivity index (χ0v) is 12.7. The van der Waals surface area contributed by atoms with Gasteiger partial charge < -0.3 is 5.32 Å². The molecule has 98 valence electrons. The van der Waals surface area contributed by atoms with E-state index >= 15 is 0 Å². The average Bonchev–Trinajstić information content (AvgIpc) is 2.78. The molecule has 2 rings (SSSR count). The third-order valence-corrected chi connectivity index (χ3v) is 5.05. The van der Waals surface area contributed by atoms with Crippen LogP contribution in [0, 0.1) is 6.92 Å². The lowest BCUT2D eigenvalue weighted by molar-refractivity contribution is 0.456. The van der Waals surface area contributed by atoms with Crippen molar-refractivity contribution in [1.29, 1.82) is 0 Å². The molecule has 0 atom stereocenters. The summed E-state index contributed by atoms with van der Waals surface area (Å²) in [5.74, 6) is 1.06. The molecule has 0 spiro atoms. The molecule has 1 aromatic carbocycles. The first-order chi connectivity index (χ1) is 8.60. The number of aryl methyl sites for hydroxylation is 1. The summed E-state index contributed by atoms with van der Waals surface area (Å²) in [7, 11) is 0. The van der Waals surface area contributed by atoms with Gasteiger partial charge in [-0.05, 0) is 31.4 Å². The maximum absolute atomic E-state index is 6.22. The summed E-state index contributed by atoms with van der Waals surface area (Å²) in [6, 6.07) is 5.93. The summed E-state index contributed by atoms with van der Waals surface area (Å²) in [4.78, 5) is 4.84. The largest absolute Gasteiger partial charge is 0.334 e. The van der Waals surface area contributed by atoms with Gasteiger partial charge in [-0.25, -0.2) is 0 Å². The molecule has 1 aliphatic heterocycles. The molecule has 0 saturated carbocycles. The van der Waals surface area contributed by atoms with E-state index in [2.05, 4.69) is 32.2 Å². The van der Waals surface area contributed by atoms with Gasteiger partial charge in [0, 0.05) is 5.75 Å². The minimum absolute atomic E-state index is 0.113. The first kappa shape index (κ1) is 13.8. The molecule has 0 aromatic heterocycles. The van der Waals surface area contributed by atoms with E-state index in [1.54, 1.807) is 11.8 Å². The van der Waals surface area contributed by atoms with Crippen molar-refractivity contribution >= 4 is 34.2 Å². The molecule has 0 fully saturated rings. The van der Waals surface area contributed by atoms with Crippen LogP contribution in [0.5, 0.6) is 0 Å². The molecule has 0 radical (unpaired) electrons. The Morgan fingerprint density at radius 2 is 2.11 bits per heavy atom. The molecule has 4 heteroatoms. The van der Waals surface area contributed by atoms with Gasteiger partial charge in [-0.15, -0.1) is 0 Å². The molecule has 18 heavy (non-hydrogen) atoms. The van der Waals surface area contributed by atoms with Crippen LogP contribution in [0.15, 0.2) is 23.2 Å². The molecule has 2 nitrogen and oxygen atoms in total. The number of para-hydroxylation sites is 1. The Bertz CT molecular complexity index is 447. The fourth-order valence-corrected chi connectivity index (χ4v) is 3.64. The third-order valence-electron chi connectivity index (χ3n) is 3.59. The number of benzene rings is 1. The van der Waals surface area contributed by atoms with E-state index in [0.717, 1.165) is 40.0 Å². The molecule has 1 aromatic rings. The Morgan fingerprint density at radius 1 is 1.39 bits per heavy atom. The number of anilines is 1. The number of halogens is 1. The van der Waals surface area contributed by atoms with Crippen molar-refractivity contribution in [2.75, 3.05) is 11.1 Å². The number of rotatable bonds is 3. The number of hydrogen-bond acceptors (Lipinski definition) is 3. The molecule has 1 aliphatic rings. The number of nitrogens with one attached hydrogen (secondary N) is 1. The Kier molecular flexibility index (Phi) is 4.23. The molecule has 0 bridgehead atoms. The van der Waals surface area contributed by atoms with E-state index in [1.165, 1.54) is 0 Å². The first-order valence-corrected chi connectivity index (χ1v) is 7.71. The highest BCUT2D eigenvalue weighted by Crippen LogP contribution is 2.35. The second-order valence-corrected chi connectivity index (χ2v) is 6.07. The average molecular weight is 283 g/mol. The van der Waals surface area contributed by atoms with Crippen LogP contribution in [0.4, 0.5) is 5.69 Å². The molecule has 1 N–H and O–H groups in total. The highest BCUT2D eigenvalue weighted by atomic mass is 35.5. The summed E-state index contributed by atoms with van der Waals surface area (Å²) in [6.07, 6.45) is 2.17. The molecule has 0 saturated heterocycles. The molecule has 1 heterocycles. The van der Waals surface area contributed by atoms with Gasteiger partial charge in [-0.1, -0.05) is 49.3 Å². The summed E-state index contributed by atoms with van der Waals surface area (Å²) < 4.78 is 0. The van der Waals surface area contributed by atoms with Crippen LogP contribution < -0.4 is 5.32 Å². The lowest BCUT2D eigenvalue weighted by Gasteiger charge is -2.20. The van der Waals surface area contributed by atoms with Crippen molar-refractivity contribution < 1.29 is 0 Å². The van der Waals surface area contributed by atoms with Gasteiger partial charge in [0.05, 0.1) is 16.2 Å². The fraction of sp³-hybridized carbons (Fsp3) is 0.500. The third kappa shape index (κ3) is 2.67. The Balaban J connectivity index is 2.21. The van der Waals surface area contributed by atoms with Gasteiger partial charge in [-0.3, -0.25) is 4.99 Å².